The molecule has 0 aliphatic heterocycles. The zero-order chi connectivity index (χ0) is 11.3. The predicted octanol–water partition coefficient (Wildman–Crippen LogP) is 2.08. The number of hydrogen-bond acceptors (Lipinski definition) is 2. The molecule has 1 atom stereocenters. The average molecular weight is 209 g/mol. The lowest BCUT2D eigenvalue weighted by molar-refractivity contribution is 0.441. The quantitative estimate of drug-likeness (QED) is 0.777. The molecule has 0 saturated heterocycles. The molecule has 1 aromatic rings. The van der Waals surface area contributed by atoms with Crippen LogP contribution in [0, 0.1) is 5.92 Å². The highest BCUT2D eigenvalue weighted by atomic mass is 15.3. The first-order valence-electron chi connectivity index (χ1n) is 5.84. The lowest BCUT2D eigenvalue weighted by Crippen LogP contribution is -2.28. The Labute approximate surface area is 92.9 Å². The Balaban J connectivity index is 2.50. The molecule has 3 heteroatoms. The summed E-state index contributed by atoms with van der Waals surface area (Å²) in [7, 11) is 2.04. The molecule has 1 N–H and O–H groups in total. The van der Waals surface area contributed by atoms with Crippen LogP contribution in [0.15, 0.2) is 12.4 Å². The molecule has 0 aromatic carbocycles. The van der Waals surface area contributed by atoms with Gasteiger partial charge in [-0.3, -0.25) is 4.68 Å². The fraction of sp³-hybridized carbons (Fsp3) is 0.750. The summed E-state index contributed by atoms with van der Waals surface area (Å²) in [5.74, 6) is 0.740. The van der Waals surface area contributed by atoms with Crippen LogP contribution in [0.25, 0.3) is 0 Å². The van der Waals surface area contributed by atoms with Crippen LogP contribution in [0.2, 0.25) is 0 Å². The smallest absolute Gasteiger partial charge is 0.0522 e. The van der Waals surface area contributed by atoms with Crippen molar-refractivity contribution in [2.45, 2.75) is 46.2 Å². The average Bonchev–Trinajstić information content (AvgIpc) is 2.64. The van der Waals surface area contributed by atoms with Crippen molar-refractivity contribution < 1.29 is 0 Å². The third-order valence-corrected chi connectivity index (χ3v) is 2.66. The number of nitrogens with zero attached hydrogens (tertiary/aromatic N) is 2. The zero-order valence-electron chi connectivity index (χ0n) is 10.3. The van der Waals surface area contributed by atoms with E-state index in [1.54, 1.807) is 0 Å². The van der Waals surface area contributed by atoms with E-state index in [2.05, 4.69) is 37.4 Å². The number of aryl methyl sites for hydroxylation is 1. The first-order chi connectivity index (χ1) is 7.15. The van der Waals surface area contributed by atoms with Crippen LogP contribution in [0.4, 0.5) is 0 Å². The van der Waals surface area contributed by atoms with Gasteiger partial charge in [0.1, 0.15) is 0 Å². The molecule has 86 valence electrons. The van der Waals surface area contributed by atoms with Gasteiger partial charge in [-0.25, -0.2) is 0 Å². The van der Waals surface area contributed by atoms with E-state index in [-0.39, 0.29) is 0 Å². The molecule has 0 bridgehead atoms. The van der Waals surface area contributed by atoms with E-state index >= 15 is 0 Å². The maximum atomic E-state index is 4.29. The number of rotatable bonds is 6. The molecule has 15 heavy (non-hydrogen) atoms. The monoisotopic (exact) mass is 209 g/mol. The second-order valence-electron chi connectivity index (χ2n) is 4.52. The molecule has 0 fully saturated rings. The van der Waals surface area contributed by atoms with Crippen molar-refractivity contribution >= 4 is 0 Å². The van der Waals surface area contributed by atoms with Gasteiger partial charge in [0.2, 0.25) is 0 Å². The molecule has 0 aliphatic carbocycles. The van der Waals surface area contributed by atoms with Crippen molar-refractivity contribution in [2.75, 3.05) is 7.05 Å². The van der Waals surface area contributed by atoms with Crippen LogP contribution in [-0.4, -0.2) is 22.9 Å². The van der Waals surface area contributed by atoms with Gasteiger partial charge in [0.25, 0.3) is 0 Å². The molecule has 0 saturated carbocycles. The van der Waals surface area contributed by atoms with Crippen molar-refractivity contribution in [2.24, 2.45) is 5.92 Å². The van der Waals surface area contributed by atoms with E-state index in [0.29, 0.717) is 6.04 Å². The van der Waals surface area contributed by atoms with Crippen LogP contribution < -0.4 is 5.32 Å². The normalized spacial score (nSPS) is 13.4. The van der Waals surface area contributed by atoms with E-state index in [1.807, 2.05) is 17.9 Å². The molecule has 1 rings (SSSR count). The zero-order valence-corrected chi connectivity index (χ0v) is 10.3. The Morgan fingerprint density at radius 2 is 2.20 bits per heavy atom. The van der Waals surface area contributed by atoms with Gasteiger partial charge in [-0.15, -0.1) is 0 Å². The molecule has 1 aromatic heterocycles. The third kappa shape index (κ3) is 4.04. The second kappa shape index (κ2) is 5.91. The second-order valence-corrected chi connectivity index (χ2v) is 4.52. The SMILES string of the molecule is CCn1cc(CC(CC(C)C)NC)cn1. The first kappa shape index (κ1) is 12.2. The standard InChI is InChI=1S/C12H23N3/c1-5-15-9-11(8-14-15)7-12(13-4)6-10(2)3/h8-10,12-13H,5-7H2,1-4H3. The van der Waals surface area contributed by atoms with E-state index in [1.165, 1.54) is 12.0 Å². The van der Waals surface area contributed by atoms with Gasteiger partial charge >= 0.3 is 0 Å². The van der Waals surface area contributed by atoms with Crippen LogP contribution in [0.1, 0.15) is 32.8 Å². The minimum atomic E-state index is 0.569. The maximum absolute atomic E-state index is 4.29. The third-order valence-electron chi connectivity index (χ3n) is 2.66. The summed E-state index contributed by atoms with van der Waals surface area (Å²) < 4.78 is 1.98. The topological polar surface area (TPSA) is 29.9 Å². The maximum Gasteiger partial charge on any atom is 0.0522 e. The van der Waals surface area contributed by atoms with Crippen LogP contribution in [0.5, 0.6) is 0 Å². The molecular formula is C12H23N3. The summed E-state index contributed by atoms with van der Waals surface area (Å²) in [5, 5.41) is 7.66. The Kier molecular flexibility index (Phi) is 4.82. The minimum absolute atomic E-state index is 0.569. The van der Waals surface area contributed by atoms with Gasteiger partial charge in [0, 0.05) is 18.8 Å². The highest BCUT2D eigenvalue weighted by molar-refractivity contribution is 5.06. The Morgan fingerprint density at radius 1 is 1.47 bits per heavy atom. The molecule has 3 nitrogen and oxygen atoms in total. The van der Waals surface area contributed by atoms with Gasteiger partial charge in [0.05, 0.1) is 6.20 Å². The van der Waals surface area contributed by atoms with Crippen LogP contribution >= 0.6 is 0 Å². The van der Waals surface area contributed by atoms with Gasteiger partial charge in [-0.1, -0.05) is 13.8 Å². The first-order valence-corrected chi connectivity index (χ1v) is 5.84. The molecule has 0 amide bonds. The van der Waals surface area contributed by atoms with Crippen molar-refractivity contribution in [3.63, 3.8) is 0 Å². The van der Waals surface area contributed by atoms with Gasteiger partial charge in [-0.05, 0) is 38.3 Å². The minimum Gasteiger partial charge on any atom is -0.317 e. The number of likely N-dealkylation sites (N-methyl/N-ethyl adjacent to an activating group) is 1. The van der Waals surface area contributed by atoms with Gasteiger partial charge in [-0.2, -0.15) is 5.10 Å². The van der Waals surface area contributed by atoms with E-state index in [0.717, 1.165) is 18.9 Å². The number of hydrogen-bond donors (Lipinski definition) is 1. The van der Waals surface area contributed by atoms with Gasteiger partial charge < -0.3 is 5.32 Å². The lowest BCUT2D eigenvalue weighted by Gasteiger charge is -2.17. The van der Waals surface area contributed by atoms with Gasteiger partial charge in [0.15, 0.2) is 0 Å². The summed E-state index contributed by atoms with van der Waals surface area (Å²) >= 11 is 0. The highest BCUT2D eigenvalue weighted by Crippen LogP contribution is 2.10. The Hall–Kier alpha value is -0.830. The van der Waals surface area contributed by atoms with E-state index in [4.69, 9.17) is 0 Å². The fourth-order valence-corrected chi connectivity index (χ4v) is 1.84. The number of aromatic nitrogens is 2. The predicted molar refractivity (Wildman–Crippen MR) is 63.9 cm³/mol. The lowest BCUT2D eigenvalue weighted by atomic mass is 9.99. The highest BCUT2D eigenvalue weighted by Gasteiger charge is 2.10. The van der Waals surface area contributed by atoms with E-state index in [9.17, 15) is 0 Å². The van der Waals surface area contributed by atoms with Crippen molar-refractivity contribution in [3.8, 4) is 0 Å². The molecule has 0 spiro atoms. The van der Waals surface area contributed by atoms with Crippen LogP contribution in [0.3, 0.4) is 0 Å². The summed E-state index contributed by atoms with van der Waals surface area (Å²) in [6, 6.07) is 0.569. The largest absolute Gasteiger partial charge is 0.317 e. The van der Waals surface area contributed by atoms with E-state index < -0.39 is 0 Å². The molecule has 0 radical (unpaired) electrons. The summed E-state index contributed by atoms with van der Waals surface area (Å²) in [6.07, 6.45) is 6.42. The Morgan fingerprint density at radius 3 is 2.67 bits per heavy atom. The van der Waals surface area contributed by atoms with Crippen LogP contribution in [-0.2, 0) is 13.0 Å². The molecule has 1 heterocycles. The summed E-state index contributed by atoms with van der Waals surface area (Å²) in [6.45, 7) is 7.59. The van der Waals surface area contributed by atoms with Crippen molar-refractivity contribution in [1.29, 1.82) is 0 Å². The summed E-state index contributed by atoms with van der Waals surface area (Å²) in [4.78, 5) is 0. The fourth-order valence-electron chi connectivity index (χ4n) is 1.84. The van der Waals surface area contributed by atoms with Crippen molar-refractivity contribution in [3.05, 3.63) is 18.0 Å². The van der Waals surface area contributed by atoms with Crippen molar-refractivity contribution in [1.82, 2.24) is 15.1 Å². The molecule has 1 unspecified atom stereocenters. The Bertz CT molecular complexity index is 278. The molecular weight excluding hydrogens is 186 g/mol. The number of nitrogens with one attached hydrogen (secondary N) is 1. The molecule has 0 aliphatic rings. The summed E-state index contributed by atoms with van der Waals surface area (Å²) in [5.41, 5.74) is 1.33.